The maximum absolute atomic E-state index is 13.0. The first kappa shape index (κ1) is 22.1. The number of carbonyl (C=O) groups is 1. The van der Waals surface area contributed by atoms with Crippen LogP contribution in [-0.4, -0.2) is 48.3 Å². The molecular formula is C23H28N3O3S+. The Bertz CT molecular complexity index is 1060. The van der Waals surface area contributed by atoms with E-state index in [1.54, 1.807) is 34.9 Å². The summed E-state index contributed by atoms with van der Waals surface area (Å²) < 4.78 is 7.14. The molecule has 0 radical (unpaired) electrons. The number of rotatable bonds is 10. The average Bonchev–Trinajstić information content (AvgIpc) is 2.74. The first-order valence-electron chi connectivity index (χ1n) is 10.2. The summed E-state index contributed by atoms with van der Waals surface area (Å²) >= 11 is 1.32. The molecule has 1 aromatic heterocycles. The second kappa shape index (κ2) is 10.4. The second-order valence-corrected chi connectivity index (χ2v) is 8.29. The van der Waals surface area contributed by atoms with Gasteiger partial charge in [-0.2, -0.15) is 0 Å². The minimum Gasteiger partial charge on any atom is -0.494 e. The monoisotopic (exact) mass is 426 g/mol. The quantitative estimate of drug-likeness (QED) is 0.306. The lowest BCUT2D eigenvalue weighted by atomic mass is 10.1. The van der Waals surface area contributed by atoms with Crippen LogP contribution in [0.5, 0.6) is 5.75 Å². The van der Waals surface area contributed by atoms with Crippen molar-refractivity contribution in [3.05, 3.63) is 64.4 Å². The second-order valence-electron chi connectivity index (χ2n) is 7.35. The predicted octanol–water partition coefficient (Wildman–Crippen LogP) is 2.30. The Morgan fingerprint density at radius 3 is 2.57 bits per heavy atom. The molecule has 0 aliphatic rings. The molecule has 7 heteroatoms. The Morgan fingerprint density at radius 1 is 1.13 bits per heavy atom. The number of hydrogen-bond donors (Lipinski definition) is 1. The fourth-order valence-electron chi connectivity index (χ4n) is 3.16. The highest BCUT2D eigenvalue weighted by Crippen LogP contribution is 2.20. The maximum atomic E-state index is 13.0. The summed E-state index contributed by atoms with van der Waals surface area (Å²) in [4.78, 5) is 31.7. The van der Waals surface area contributed by atoms with Crippen LogP contribution in [0.15, 0.2) is 58.5 Å². The van der Waals surface area contributed by atoms with E-state index in [4.69, 9.17) is 4.74 Å². The summed E-state index contributed by atoms with van der Waals surface area (Å²) in [5.74, 6) is 0.960. The van der Waals surface area contributed by atoms with E-state index in [1.807, 2.05) is 25.1 Å². The van der Waals surface area contributed by atoms with Crippen LogP contribution in [0.4, 0.5) is 0 Å². The minimum absolute atomic E-state index is 0.00487. The third kappa shape index (κ3) is 5.49. The number of para-hydroxylation sites is 1. The normalized spacial score (nSPS) is 11.2. The fourth-order valence-corrected chi connectivity index (χ4v) is 4.08. The van der Waals surface area contributed by atoms with E-state index >= 15 is 0 Å². The van der Waals surface area contributed by atoms with Crippen LogP contribution >= 0.6 is 11.8 Å². The molecule has 6 nitrogen and oxygen atoms in total. The number of aromatic nitrogens is 2. The highest BCUT2D eigenvalue weighted by atomic mass is 32.2. The number of quaternary nitrogens is 1. The highest BCUT2D eigenvalue weighted by Gasteiger charge is 2.14. The van der Waals surface area contributed by atoms with Crippen molar-refractivity contribution in [3.8, 4) is 5.75 Å². The number of nitrogens with zero attached hydrogens (tertiary/aromatic N) is 2. The largest absolute Gasteiger partial charge is 0.494 e. The van der Waals surface area contributed by atoms with Crippen molar-refractivity contribution < 1.29 is 14.4 Å². The van der Waals surface area contributed by atoms with Crippen molar-refractivity contribution in [1.82, 2.24) is 9.55 Å². The van der Waals surface area contributed by atoms with Crippen LogP contribution in [0.2, 0.25) is 0 Å². The summed E-state index contributed by atoms with van der Waals surface area (Å²) in [5.41, 5.74) is 1.23. The number of nitrogens with one attached hydrogen (secondary N) is 1. The van der Waals surface area contributed by atoms with Gasteiger partial charge in [-0.25, -0.2) is 4.98 Å². The molecule has 1 N–H and O–H groups in total. The van der Waals surface area contributed by atoms with Crippen molar-refractivity contribution >= 4 is 28.4 Å². The Morgan fingerprint density at radius 2 is 1.87 bits per heavy atom. The first-order chi connectivity index (χ1) is 14.5. The van der Waals surface area contributed by atoms with E-state index in [1.165, 1.54) is 16.7 Å². The van der Waals surface area contributed by atoms with Crippen molar-refractivity contribution in [2.24, 2.45) is 0 Å². The van der Waals surface area contributed by atoms with Gasteiger partial charge in [0.2, 0.25) is 0 Å². The smallest absolute Gasteiger partial charge is 0.262 e. The Balaban J connectivity index is 1.81. The molecule has 0 saturated carbocycles. The van der Waals surface area contributed by atoms with Crippen molar-refractivity contribution in [2.45, 2.75) is 25.0 Å². The lowest BCUT2D eigenvalue weighted by molar-refractivity contribution is -0.858. The van der Waals surface area contributed by atoms with Crippen LogP contribution in [0.3, 0.4) is 0 Å². The molecule has 2 aromatic carbocycles. The molecule has 1 heterocycles. The van der Waals surface area contributed by atoms with E-state index in [0.717, 1.165) is 18.7 Å². The average molecular weight is 427 g/mol. The van der Waals surface area contributed by atoms with E-state index in [9.17, 15) is 9.59 Å². The molecule has 0 fully saturated rings. The Hall–Kier alpha value is -2.64. The Labute approximate surface area is 180 Å². The molecule has 0 aliphatic heterocycles. The molecule has 0 saturated heterocycles. The number of fused-ring (bicyclic) bond motifs is 1. The fraction of sp³-hybridized carbons (Fsp3) is 0.348. The van der Waals surface area contributed by atoms with Crippen LogP contribution in [0.1, 0.15) is 23.7 Å². The highest BCUT2D eigenvalue weighted by molar-refractivity contribution is 7.99. The van der Waals surface area contributed by atoms with Crippen molar-refractivity contribution in [1.29, 1.82) is 0 Å². The van der Waals surface area contributed by atoms with Gasteiger partial charge in [-0.3, -0.25) is 14.2 Å². The molecule has 0 unspecified atom stereocenters. The maximum Gasteiger partial charge on any atom is 0.262 e. The van der Waals surface area contributed by atoms with Crippen LogP contribution in [-0.2, 0) is 6.54 Å². The van der Waals surface area contributed by atoms with Gasteiger partial charge in [-0.15, -0.1) is 0 Å². The zero-order valence-electron chi connectivity index (χ0n) is 17.7. The third-order valence-electron chi connectivity index (χ3n) is 4.70. The number of ketones is 1. The van der Waals surface area contributed by atoms with Gasteiger partial charge in [0.25, 0.3) is 5.56 Å². The van der Waals surface area contributed by atoms with Gasteiger partial charge in [-0.05, 0) is 43.3 Å². The van der Waals surface area contributed by atoms with Gasteiger partial charge >= 0.3 is 0 Å². The van der Waals surface area contributed by atoms with Crippen LogP contribution in [0, 0.1) is 0 Å². The van der Waals surface area contributed by atoms with E-state index in [-0.39, 0.29) is 17.1 Å². The molecule has 0 atom stereocenters. The van der Waals surface area contributed by atoms with E-state index < -0.39 is 0 Å². The topological polar surface area (TPSA) is 65.6 Å². The summed E-state index contributed by atoms with van der Waals surface area (Å²) in [5, 5.41) is 1.20. The number of carbonyl (C=O) groups excluding carboxylic acids is 1. The lowest BCUT2D eigenvalue weighted by Gasteiger charge is -2.14. The van der Waals surface area contributed by atoms with Crippen LogP contribution < -0.4 is 15.2 Å². The summed E-state index contributed by atoms with van der Waals surface area (Å²) in [6.45, 7) is 4.05. The number of Topliss-reactive ketones (excluding diaryl/α,β-unsaturated/α-hetero) is 1. The zero-order chi connectivity index (χ0) is 21.5. The molecule has 0 aliphatic carbocycles. The van der Waals surface area contributed by atoms with Crippen molar-refractivity contribution in [2.75, 3.05) is 33.0 Å². The van der Waals surface area contributed by atoms with Gasteiger partial charge in [0.1, 0.15) is 5.75 Å². The molecule has 0 amide bonds. The Kier molecular flexibility index (Phi) is 7.65. The number of ether oxygens (including phenoxy) is 1. The summed E-state index contributed by atoms with van der Waals surface area (Å²) in [6.07, 6.45) is 0.864. The van der Waals surface area contributed by atoms with E-state index in [2.05, 4.69) is 19.1 Å². The van der Waals surface area contributed by atoms with E-state index in [0.29, 0.717) is 34.8 Å². The van der Waals surface area contributed by atoms with Gasteiger partial charge in [0.05, 0.1) is 43.9 Å². The first-order valence-corrected chi connectivity index (χ1v) is 11.2. The summed E-state index contributed by atoms with van der Waals surface area (Å²) in [6, 6.07) is 14.5. The number of thioether (sulfide) groups is 1. The molecular weight excluding hydrogens is 398 g/mol. The van der Waals surface area contributed by atoms with Gasteiger partial charge in [-0.1, -0.05) is 23.9 Å². The zero-order valence-corrected chi connectivity index (χ0v) is 18.5. The number of benzene rings is 2. The molecule has 0 spiro atoms. The SMILES string of the molecule is CCOc1ccc(C(=O)CSc2nc3ccccc3c(=O)n2CCC[NH+](C)C)cc1. The minimum atomic E-state index is -0.0506. The van der Waals surface area contributed by atoms with Gasteiger partial charge < -0.3 is 9.64 Å². The lowest BCUT2D eigenvalue weighted by Crippen LogP contribution is -3.05. The number of hydrogen-bond acceptors (Lipinski definition) is 5. The molecule has 158 valence electrons. The van der Waals surface area contributed by atoms with Crippen LogP contribution in [0.25, 0.3) is 10.9 Å². The summed E-state index contributed by atoms with van der Waals surface area (Å²) in [7, 11) is 4.18. The van der Waals surface area contributed by atoms with Gasteiger partial charge in [0, 0.05) is 18.5 Å². The third-order valence-corrected chi connectivity index (χ3v) is 5.68. The van der Waals surface area contributed by atoms with Gasteiger partial charge in [0.15, 0.2) is 10.9 Å². The molecule has 3 aromatic rings. The molecule has 3 rings (SSSR count). The standard InChI is InChI=1S/C23H27N3O3S/c1-4-29-18-12-10-17(11-13-18)21(27)16-30-23-24-20-9-6-5-8-19(20)22(28)26(23)15-7-14-25(2)3/h5-6,8-13H,4,7,14-16H2,1-3H3/p+1. The molecule has 0 bridgehead atoms. The molecule has 30 heavy (non-hydrogen) atoms. The van der Waals surface area contributed by atoms with Crippen molar-refractivity contribution in [3.63, 3.8) is 0 Å². The predicted molar refractivity (Wildman–Crippen MR) is 121 cm³/mol.